The van der Waals surface area contributed by atoms with Crippen LogP contribution in [-0.2, 0) is 0 Å². The van der Waals surface area contributed by atoms with E-state index in [1.54, 1.807) is 6.20 Å². The molecule has 0 aliphatic rings. The molecule has 0 unspecified atom stereocenters. The second-order valence-corrected chi connectivity index (χ2v) is 4.55. The van der Waals surface area contributed by atoms with Crippen molar-refractivity contribution < 1.29 is 5.21 Å². The van der Waals surface area contributed by atoms with Gasteiger partial charge in [0.2, 0.25) is 0 Å². The Morgan fingerprint density at radius 1 is 1.32 bits per heavy atom. The lowest BCUT2D eigenvalue weighted by Crippen LogP contribution is -2.29. The summed E-state index contributed by atoms with van der Waals surface area (Å²) in [5.74, 6) is 0.0635. The third-order valence-corrected chi connectivity index (χ3v) is 3.04. The van der Waals surface area contributed by atoms with Crippen molar-refractivity contribution in [2.45, 2.75) is 39.5 Å². The third kappa shape index (κ3) is 4.43. The van der Waals surface area contributed by atoms with Crippen molar-refractivity contribution in [1.82, 2.24) is 4.98 Å². The molecule has 19 heavy (non-hydrogen) atoms. The smallest absolute Gasteiger partial charge is 0.190 e. The molecule has 0 aromatic carbocycles. The number of nitrogens with two attached hydrogens (primary N) is 1. The van der Waals surface area contributed by atoms with Crippen LogP contribution >= 0.6 is 0 Å². The predicted molar refractivity (Wildman–Crippen MR) is 78.8 cm³/mol. The Morgan fingerprint density at radius 2 is 1.95 bits per heavy atom. The number of amidine groups is 1. The normalized spacial score (nSPS) is 11.6. The van der Waals surface area contributed by atoms with Gasteiger partial charge in [-0.15, -0.1) is 0 Å². The minimum absolute atomic E-state index is 0.0635. The molecule has 0 spiro atoms. The Kier molecular flexibility index (Phi) is 6.71. The highest BCUT2D eigenvalue weighted by molar-refractivity contribution is 6.00. The van der Waals surface area contributed by atoms with E-state index in [4.69, 9.17) is 10.9 Å². The molecule has 0 aliphatic carbocycles. The zero-order chi connectivity index (χ0) is 14.1. The Hall–Kier alpha value is -1.78. The summed E-state index contributed by atoms with van der Waals surface area (Å²) in [6.07, 6.45) is 6.18. The van der Waals surface area contributed by atoms with Gasteiger partial charge < -0.3 is 15.8 Å². The van der Waals surface area contributed by atoms with E-state index in [-0.39, 0.29) is 5.84 Å². The fourth-order valence-corrected chi connectivity index (χ4v) is 1.95. The van der Waals surface area contributed by atoms with Crippen LogP contribution in [0.15, 0.2) is 23.5 Å². The number of hydrogen-bond acceptors (Lipinski definition) is 4. The fraction of sp³-hybridized carbons (Fsp3) is 0.571. The molecule has 5 heteroatoms. The Labute approximate surface area is 115 Å². The van der Waals surface area contributed by atoms with Gasteiger partial charge in [-0.25, -0.2) is 0 Å². The zero-order valence-electron chi connectivity index (χ0n) is 11.8. The van der Waals surface area contributed by atoms with Crippen LogP contribution < -0.4 is 10.6 Å². The van der Waals surface area contributed by atoms with Gasteiger partial charge in [-0.05, 0) is 25.0 Å². The SMILES string of the molecule is CCCCN(CCCC)c1cccnc1/C(N)=N/O. The van der Waals surface area contributed by atoms with Crippen molar-refractivity contribution in [3.8, 4) is 0 Å². The highest BCUT2D eigenvalue weighted by atomic mass is 16.4. The number of hydrogen-bond donors (Lipinski definition) is 2. The van der Waals surface area contributed by atoms with E-state index in [9.17, 15) is 0 Å². The lowest BCUT2D eigenvalue weighted by molar-refractivity contribution is 0.318. The summed E-state index contributed by atoms with van der Waals surface area (Å²) in [5.41, 5.74) is 7.20. The van der Waals surface area contributed by atoms with Gasteiger partial charge in [-0.3, -0.25) is 4.98 Å². The van der Waals surface area contributed by atoms with Crippen LogP contribution in [0.4, 0.5) is 5.69 Å². The van der Waals surface area contributed by atoms with Crippen molar-refractivity contribution in [2.24, 2.45) is 10.9 Å². The summed E-state index contributed by atoms with van der Waals surface area (Å²) >= 11 is 0. The van der Waals surface area contributed by atoms with Crippen LogP contribution in [0.2, 0.25) is 0 Å². The molecule has 0 atom stereocenters. The minimum atomic E-state index is 0.0635. The number of anilines is 1. The van der Waals surface area contributed by atoms with Gasteiger partial charge in [0, 0.05) is 19.3 Å². The maximum absolute atomic E-state index is 8.85. The van der Waals surface area contributed by atoms with Gasteiger partial charge in [0.15, 0.2) is 5.84 Å². The van der Waals surface area contributed by atoms with Crippen LogP contribution in [0, 0.1) is 0 Å². The molecule has 1 heterocycles. The molecule has 0 bridgehead atoms. The number of rotatable bonds is 8. The van der Waals surface area contributed by atoms with Gasteiger partial charge in [-0.1, -0.05) is 31.8 Å². The number of oxime groups is 1. The highest BCUT2D eigenvalue weighted by Gasteiger charge is 2.14. The largest absolute Gasteiger partial charge is 0.409 e. The van der Waals surface area contributed by atoms with E-state index in [1.807, 2.05) is 12.1 Å². The van der Waals surface area contributed by atoms with Crippen LogP contribution in [0.25, 0.3) is 0 Å². The first-order chi connectivity index (χ1) is 9.24. The van der Waals surface area contributed by atoms with E-state index >= 15 is 0 Å². The molecule has 0 amide bonds. The van der Waals surface area contributed by atoms with Gasteiger partial charge in [0.1, 0.15) is 5.69 Å². The molecular weight excluding hydrogens is 240 g/mol. The summed E-state index contributed by atoms with van der Waals surface area (Å²) < 4.78 is 0. The molecule has 0 aliphatic heterocycles. The standard InChI is InChI=1S/C14H24N4O/c1-3-5-10-18(11-6-4-2)12-8-7-9-16-13(12)14(15)17-19/h7-9,19H,3-6,10-11H2,1-2H3,(H2,15,17). The topological polar surface area (TPSA) is 74.7 Å². The molecule has 1 rings (SSSR count). The first-order valence-corrected chi connectivity index (χ1v) is 6.92. The molecule has 1 aromatic rings. The summed E-state index contributed by atoms with van der Waals surface area (Å²) in [7, 11) is 0. The first kappa shape index (κ1) is 15.3. The fourth-order valence-electron chi connectivity index (χ4n) is 1.95. The number of nitrogens with zero attached hydrogens (tertiary/aromatic N) is 3. The van der Waals surface area contributed by atoms with Crippen molar-refractivity contribution in [2.75, 3.05) is 18.0 Å². The molecule has 0 saturated carbocycles. The van der Waals surface area contributed by atoms with Crippen LogP contribution in [-0.4, -0.2) is 29.1 Å². The molecule has 0 radical (unpaired) electrons. The second-order valence-electron chi connectivity index (χ2n) is 4.55. The monoisotopic (exact) mass is 264 g/mol. The Morgan fingerprint density at radius 3 is 2.47 bits per heavy atom. The van der Waals surface area contributed by atoms with Gasteiger partial charge in [0.05, 0.1) is 5.69 Å². The van der Waals surface area contributed by atoms with E-state index < -0.39 is 0 Å². The third-order valence-electron chi connectivity index (χ3n) is 3.04. The minimum Gasteiger partial charge on any atom is -0.409 e. The van der Waals surface area contributed by atoms with Crippen molar-refractivity contribution in [3.05, 3.63) is 24.0 Å². The number of aromatic nitrogens is 1. The summed E-state index contributed by atoms with van der Waals surface area (Å²) in [6, 6.07) is 3.86. The summed E-state index contributed by atoms with van der Waals surface area (Å²) in [5, 5.41) is 11.9. The van der Waals surface area contributed by atoms with Gasteiger partial charge >= 0.3 is 0 Å². The maximum atomic E-state index is 8.85. The van der Waals surface area contributed by atoms with Crippen LogP contribution in [0.5, 0.6) is 0 Å². The summed E-state index contributed by atoms with van der Waals surface area (Å²) in [6.45, 7) is 6.28. The quantitative estimate of drug-likeness (QED) is 0.327. The average Bonchev–Trinajstić information content (AvgIpc) is 2.47. The Balaban J connectivity index is 2.99. The molecule has 0 saturated heterocycles. The van der Waals surface area contributed by atoms with Crippen LogP contribution in [0.3, 0.4) is 0 Å². The van der Waals surface area contributed by atoms with E-state index in [0.717, 1.165) is 44.5 Å². The number of unbranched alkanes of at least 4 members (excludes halogenated alkanes) is 2. The average molecular weight is 264 g/mol. The maximum Gasteiger partial charge on any atom is 0.190 e. The van der Waals surface area contributed by atoms with Crippen molar-refractivity contribution in [1.29, 1.82) is 0 Å². The number of pyridine rings is 1. The molecular formula is C14H24N4O. The van der Waals surface area contributed by atoms with Gasteiger partial charge in [0.25, 0.3) is 0 Å². The molecule has 3 N–H and O–H groups in total. The van der Waals surface area contributed by atoms with Crippen LogP contribution in [0.1, 0.15) is 45.2 Å². The lowest BCUT2D eigenvalue weighted by atomic mass is 10.2. The Bertz CT molecular complexity index is 398. The van der Waals surface area contributed by atoms with E-state index in [2.05, 4.69) is 28.9 Å². The molecule has 5 nitrogen and oxygen atoms in total. The second kappa shape index (κ2) is 8.34. The predicted octanol–water partition coefficient (Wildman–Crippen LogP) is 2.58. The lowest BCUT2D eigenvalue weighted by Gasteiger charge is -2.26. The van der Waals surface area contributed by atoms with E-state index in [0.29, 0.717) is 5.69 Å². The molecule has 0 fully saturated rings. The molecule has 106 valence electrons. The van der Waals surface area contributed by atoms with Gasteiger partial charge in [-0.2, -0.15) is 0 Å². The van der Waals surface area contributed by atoms with Crippen molar-refractivity contribution >= 4 is 11.5 Å². The van der Waals surface area contributed by atoms with E-state index in [1.165, 1.54) is 0 Å². The first-order valence-electron chi connectivity index (χ1n) is 6.92. The molecule has 1 aromatic heterocycles. The highest BCUT2D eigenvalue weighted by Crippen LogP contribution is 2.19. The van der Waals surface area contributed by atoms with Crippen molar-refractivity contribution in [3.63, 3.8) is 0 Å². The zero-order valence-corrected chi connectivity index (χ0v) is 11.8. The summed E-state index contributed by atoms with van der Waals surface area (Å²) in [4.78, 5) is 6.50.